The minimum Gasteiger partial charge on any atom is -0.444 e. The molecule has 0 aliphatic carbocycles. The molecule has 7 heteroatoms. The van der Waals surface area contributed by atoms with Crippen molar-refractivity contribution < 1.29 is 14.3 Å². The maximum absolute atomic E-state index is 12.4. The molecule has 1 aliphatic rings. The van der Waals surface area contributed by atoms with Gasteiger partial charge in [0.15, 0.2) is 5.78 Å². The van der Waals surface area contributed by atoms with Crippen LogP contribution in [0.5, 0.6) is 0 Å². The summed E-state index contributed by atoms with van der Waals surface area (Å²) in [6, 6.07) is 10.1. The number of fused-ring (bicyclic) bond motifs is 1. The second-order valence-electron chi connectivity index (χ2n) is 7.15. The fraction of sp³-hybridized carbons (Fsp3) is 0.421. The third-order valence-corrected chi connectivity index (χ3v) is 4.88. The van der Waals surface area contributed by atoms with Gasteiger partial charge < -0.3 is 4.74 Å². The quantitative estimate of drug-likeness (QED) is 0.766. The van der Waals surface area contributed by atoms with Crippen molar-refractivity contribution in [2.75, 3.05) is 12.3 Å². The summed E-state index contributed by atoms with van der Waals surface area (Å²) in [6.07, 6.45) is 1.14. The van der Waals surface area contributed by atoms with Crippen molar-refractivity contribution in [1.82, 2.24) is 14.7 Å². The van der Waals surface area contributed by atoms with Gasteiger partial charge in [0.25, 0.3) is 0 Å². The van der Waals surface area contributed by atoms with Crippen LogP contribution in [0.4, 0.5) is 4.79 Å². The van der Waals surface area contributed by atoms with Gasteiger partial charge in [-0.15, -0.1) is 11.8 Å². The van der Waals surface area contributed by atoms with Crippen molar-refractivity contribution in [2.24, 2.45) is 0 Å². The average molecular weight is 373 g/mol. The van der Waals surface area contributed by atoms with Crippen LogP contribution >= 0.6 is 11.8 Å². The molecule has 0 fully saturated rings. The zero-order chi connectivity index (χ0) is 18.7. The van der Waals surface area contributed by atoms with E-state index in [1.807, 2.05) is 43.7 Å². The number of ether oxygens (including phenoxy) is 1. The molecule has 1 aliphatic heterocycles. The van der Waals surface area contributed by atoms with E-state index in [0.29, 0.717) is 18.7 Å². The standard InChI is InChI=1S/C19H23N3O3S/c1-19(2,3)25-18(24)21-12-16-15(17(23)13-21)11-20-22(16)9-10-26-14-7-5-4-6-8-14/h4-8,11H,9-10,12-13H2,1-3H3. The van der Waals surface area contributed by atoms with Crippen LogP contribution in [0, 0.1) is 0 Å². The van der Waals surface area contributed by atoms with E-state index in [1.165, 1.54) is 9.80 Å². The Labute approximate surface area is 157 Å². The second kappa shape index (κ2) is 7.53. The van der Waals surface area contributed by atoms with E-state index in [-0.39, 0.29) is 12.3 Å². The fourth-order valence-corrected chi connectivity index (χ4v) is 3.57. The van der Waals surface area contributed by atoms with Gasteiger partial charge in [0.1, 0.15) is 5.60 Å². The van der Waals surface area contributed by atoms with Crippen LogP contribution in [0.25, 0.3) is 0 Å². The molecular formula is C19H23N3O3S. The van der Waals surface area contributed by atoms with E-state index >= 15 is 0 Å². The number of aromatic nitrogens is 2. The lowest BCUT2D eigenvalue weighted by Crippen LogP contribution is -2.42. The molecule has 0 bridgehead atoms. The third-order valence-electron chi connectivity index (χ3n) is 3.89. The number of amides is 1. The highest BCUT2D eigenvalue weighted by molar-refractivity contribution is 7.99. The SMILES string of the molecule is CC(C)(C)OC(=O)N1CC(=O)c2cnn(CCSc3ccccc3)c2C1. The van der Waals surface area contributed by atoms with Crippen LogP contribution < -0.4 is 0 Å². The lowest BCUT2D eigenvalue weighted by Gasteiger charge is -2.29. The number of carbonyl (C=O) groups is 2. The Kier molecular flexibility index (Phi) is 5.36. The molecule has 0 N–H and O–H groups in total. The van der Waals surface area contributed by atoms with Gasteiger partial charge in [0.2, 0.25) is 0 Å². The van der Waals surface area contributed by atoms with E-state index in [1.54, 1.807) is 18.0 Å². The van der Waals surface area contributed by atoms with Crippen molar-refractivity contribution in [3.05, 3.63) is 47.8 Å². The minimum absolute atomic E-state index is 0.0341. The number of Topliss-reactive ketones (excluding diaryl/α,β-unsaturated/α-hetero) is 1. The van der Waals surface area contributed by atoms with Gasteiger partial charge >= 0.3 is 6.09 Å². The summed E-state index contributed by atoms with van der Waals surface area (Å²) < 4.78 is 7.22. The topological polar surface area (TPSA) is 64.4 Å². The Hall–Kier alpha value is -2.28. The van der Waals surface area contributed by atoms with Crippen LogP contribution in [0.15, 0.2) is 41.4 Å². The number of carbonyl (C=O) groups excluding carboxylic acids is 2. The number of ketones is 1. The summed E-state index contributed by atoms with van der Waals surface area (Å²) >= 11 is 1.73. The van der Waals surface area contributed by atoms with Gasteiger partial charge in [-0.1, -0.05) is 18.2 Å². The summed E-state index contributed by atoms with van der Waals surface area (Å²) in [7, 11) is 0. The van der Waals surface area contributed by atoms with E-state index < -0.39 is 11.7 Å². The van der Waals surface area contributed by atoms with Crippen molar-refractivity contribution >= 4 is 23.6 Å². The van der Waals surface area contributed by atoms with E-state index in [9.17, 15) is 9.59 Å². The molecule has 0 spiro atoms. The first-order chi connectivity index (χ1) is 12.3. The van der Waals surface area contributed by atoms with Crippen molar-refractivity contribution in [3.63, 3.8) is 0 Å². The zero-order valence-electron chi connectivity index (χ0n) is 15.3. The fourth-order valence-electron chi connectivity index (χ4n) is 2.72. The smallest absolute Gasteiger partial charge is 0.411 e. The number of rotatable bonds is 4. The normalized spacial score (nSPS) is 14.3. The number of thioether (sulfide) groups is 1. The molecule has 26 heavy (non-hydrogen) atoms. The average Bonchev–Trinajstić information content (AvgIpc) is 2.98. The molecule has 1 aromatic carbocycles. The molecule has 0 radical (unpaired) electrons. The largest absolute Gasteiger partial charge is 0.444 e. The van der Waals surface area contributed by atoms with E-state index in [4.69, 9.17) is 4.74 Å². The van der Waals surface area contributed by atoms with Crippen LogP contribution in [0.2, 0.25) is 0 Å². The van der Waals surface area contributed by atoms with Crippen LogP contribution in [0.3, 0.4) is 0 Å². The van der Waals surface area contributed by atoms with E-state index in [0.717, 1.165) is 11.4 Å². The van der Waals surface area contributed by atoms with Crippen LogP contribution in [-0.4, -0.2) is 44.5 Å². The predicted octanol–water partition coefficient (Wildman–Crippen LogP) is 3.61. The number of aryl methyl sites for hydroxylation is 1. The van der Waals surface area contributed by atoms with E-state index in [2.05, 4.69) is 17.2 Å². The minimum atomic E-state index is -0.590. The molecule has 3 rings (SSSR count). The lowest BCUT2D eigenvalue weighted by atomic mass is 10.1. The molecule has 0 saturated carbocycles. The molecule has 2 heterocycles. The summed E-state index contributed by atoms with van der Waals surface area (Å²) in [6.45, 7) is 6.48. The first kappa shape index (κ1) is 18.5. The van der Waals surface area contributed by atoms with Gasteiger partial charge in [0.05, 0.1) is 37.1 Å². The highest BCUT2D eigenvalue weighted by Gasteiger charge is 2.32. The monoisotopic (exact) mass is 373 g/mol. The highest BCUT2D eigenvalue weighted by Crippen LogP contribution is 2.22. The summed E-state index contributed by atoms with van der Waals surface area (Å²) in [5.74, 6) is 0.734. The van der Waals surface area contributed by atoms with Crippen molar-refractivity contribution in [2.45, 2.75) is 44.4 Å². The molecule has 0 atom stereocenters. The lowest BCUT2D eigenvalue weighted by molar-refractivity contribution is 0.0215. The van der Waals surface area contributed by atoms with Gasteiger partial charge in [-0.3, -0.25) is 14.4 Å². The van der Waals surface area contributed by atoms with Crippen LogP contribution in [-0.2, 0) is 17.8 Å². The summed E-state index contributed by atoms with van der Waals surface area (Å²) in [5, 5.41) is 4.35. The molecular weight excluding hydrogens is 350 g/mol. The molecule has 0 unspecified atom stereocenters. The van der Waals surface area contributed by atoms with Gasteiger partial charge in [0, 0.05) is 10.6 Å². The maximum atomic E-state index is 12.4. The zero-order valence-corrected chi connectivity index (χ0v) is 16.1. The third kappa shape index (κ3) is 4.46. The Morgan fingerprint density at radius 2 is 1.96 bits per heavy atom. The number of nitrogens with zero attached hydrogens (tertiary/aromatic N) is 3. The predicted molar refractivity (Wildman–Crippen MR) is 100 cm³/mol. The Morgan fingerprint density at radius 3 is 2.65 bits per heavy atom. The molecule has 1 amide bonds. The molecule has 1 aromatic heterocycles. The van der Waals surface area contributed by atoms with Gasteiger partial charge in [-0.25, -0.2) is 4.79 Å². The molecule has 6 nitrogen and oxygen atoms in total. The number of hydrogen-bond donors (Lipinski definition) is 0. The maximum Gasteiger partial charge on any atom is 0.411 e. The van der Waals surface area contributed by atoms with Crippen molar-refractivity contribution in [1.29, 1.82) is 0 Å². The first-order valence-electron chi connectivity index (χ1n) is 8.57. The van der Waals surface area contributed by atoms with Gasteiger partial charge in [-0.05, 0) is 32.9 Å². The van der Waals surface area contributed by atoms with Gasteiger partial charge in [-0.2, -0.15) is 5.10 Å². The number of hydrogen-bond acceptors (Lipinski definition) is 5. The second-order valence-corrected chi connectivity index (χ2v) is 8.32. The number of benzene rings is 1. The molecule has 2 aromatic rings. The van der Waals surface area contributed by atoms with Crippen molar-refractivity contribution in [3.8, 4) is 0 Å². The summed E-state index contributed by atoms with van der Waals surface area (Å²) in [5.41, 5.74) is 0.794. The highest BCUT2D eigenvalue weighted by atomic mass is 32.2. The molecule has 0 saturated heterocycles. The van der Waals surface area contributed by atoms with Crippen LogP contribution in [0.1, 0.15) is 36.8 Å². The Balaban J connectivity index is 1.67. The molecule has 138 valence electrons. The first-order valence-corrected chi connectivity index (χ1v) is 9.56. The summed E-state index contributed by atoms with van der Waals surface area (Å²) in [4.78, 5) is 27.3. The Bertz CT molecular complexity index is 796. The Morgan fingerprint density at radius 1 is 1.23 bits per heavy atom.